The zero-order valence-corrected chi connectivity index (χ0v) is 15.3. The van der Waals surface area contributed by atoms with Crippen LogP contribution in [0.3, 0.4) is 0 Å². The fourth-order valence-electron chi connectivity index (χ4n) is 3.40. The molecule has 3 rings (SSSR count). The van der Waals surface area contributed by atoms with Crippen molar-refractivity contribution in [2.75, 3.05) is 11.9 Å². The smallest absolute Gasteiger partial charge is 0.272 e. The van der Waals surface area contributed by atoms with E-state index in [1.165, 1.54) is 18.6 Å². The molecule has 0 radical (unpaired) electrons. The van der Waals surface area contributed by atoms with Gasteiger partial charge in [-0.25, -0.2) is 14.4 Å². The third-order valence-electron chi connectivity index (χ3n) is 4.80. The van der Waals surface area contributed by atoms with E-state index in [0.717, 1.165) is 31.4 Å². The quantitative estimate of drug-likeness (QED) is 0.881. The summed E-state index contributed by atoms with van der Waals surface area (Å²) in [5, 5.41) is 3.20. The van der Waals surface area contributed by atoms with Gasteiger partial charge in [0.2, 0.25) is 0 Å². The summed E-state index contributed by atoms with van der Waals surface area (Å²) in [6, 6.07) is 8.31. The Morgan fingerprint density at radius 2 is 2.04 bits per heavy atom. The number of rotatable bonds is 5. The van der Waals surface area contributed by atoms with E-state index in [-0.39, 0.29) is 11.7 Å². The topological polar surface area (TPSA) is 58.1 Å². The molecule has 6 heteroatoms. The van der Waals surface area contributed by atoms with Crippen molar-refractivity contribution < 1.29 is 9.18 Å². The number of carbonyl (C=O) groups is 1. The van der Waals surface area contributed by atoms with Gasteiger partial charge in [0.05, 0.1) is 0 Å². The summed E-state index contributed by atoms with van der Waals surface area (Å²) in [7, 11) is 0. The van der Waals surface area contributed by atoms with E-state index in [9.17, 15) is 9.18 Å². The van der Waals surface area contributed by atoms with Gasteiger partial charge in [0.1, 0.15) is 23.2 Å². The minimum absolute atomic E-state index is 0.0214. The maximum absolute atomic E-state index is 13.0. The first-order valence-electron chi connectivity index (χ1n) is 9.21. The molecular formula is C20H25FN4O. The summed E-state index contributed by atoms with van der Waals surface area (Å²) in [4.78, 5) is 23.6. The summed E-state index contributed by atoms with van der Waals surface area (Å²) < 4.78 is 13.0. The number of anilines is 1. The largest absolute Gasteiger partial charge is 0.366 e. The van der Waals surface area contributed by atoms with Crippen LogP contribution in [0.2, 0.25) is 0 Å². The second kappa shape index (κ2) is 8.25. The molecule has 1 aromatic heterocycles. The predicted octanol–water partition coefficient (Wildman–Crippen LogP) is 3.94. The molecule has 1 atom stereocenters. The fourth-order valence-corrected chi connectivity index (χ4v) is 3.40. The Bertz CT molecular complexity index is 763. The number of piperidine rings is 1. The van der Waals surface area contributed by atoms with Gasteiger partial charge in [0.15, 0.2) is 0 Å². The Hall–Kier alpha value is -2.50. The van der Waals surface area contributed by atoms with Crippen LogP contribution >= 0.6 is 0 Å². The first-order valence-corrected chi connectivity index (χ1v) is 9.21. The maximum Gasteiger partial charge on any atom is 0.272 e. The second-order valence-corrected chi connectivity index (χ2v) is 6.72. The predicted molar refractivity (Wildman–Crippen MR) is 99.5 cm³/mol. The molecule has 1 amide bonds. The molecule has 1 fully saturated rings. The number of aryl methyl sites for hydroxylation is 1. The number of amides is 1. The molecule has 0 saturated carbocycles. The van der Waals surface area contributed by atoms with Gasteiger partial charge in [-0.3, -0.25) is 4.79 Å². The number of hydrogen-bond acceptors (Lipinski definition) is 4. The Morgan fingerprint density at radius 1 is 1.27 bits per heavy atom. The summed E-state index contributed by atoms with van der Waals surface area (Å²) in [6.45, 7) is 5.20. The molecule has 1 N–H and O–H groups in total. The van der Waals surface area contributed by atoms with Crippen LogP contribution in [0.15, 0.2) is 30.3 Å². The second-order valence-electron chi connectivity index (χ2n) is 6.72. The molecule has 1 aromatic carbocycles. The van der Waals surface area contributed by atoms with E-state index in [1.807, 2.05) is 4.90 Å². The van der Waals surface area contributed by atoms with E-state index < -0.39 is 0 Å². The Balaban J connectivity index is 1.74. The molecule has 1 aliphatic rings. The first kappa shape index (κ1) is 18.3. The molecule has 1 aliphatic heterocycles. The number of likely N-dealkylation sites (tertiary alicyclic amines) is 1. The fraction of sp³-hybridized carbons (Fsp3) is 0.450. The molecule has 2 heterocycles. The number of aromatic nitrogens is 2. The lowest BCUT2D eigenvalue weighted by atomic mass is 9.99. The van der Waals surface area contributed by atoms with Crippen LogP contribution < -0.4 is 5.32 Å². The van der Waals surface area contributed by atoms with Crippen molar-refractivity contribution in [2.45, 2.75) is 52.1 Å². The van der Waals surface area contributed by atoms with E-state index in [1.54, 1.807) is 25.1 Å². The van der Waals surface area contributed by atoms with Gasteiger partial charge in [-0.05, 0) is 50.3 Å². The van der Waals surface area contributed by atoms with Crippen molar-refractivity contribution >= 4 is 11.7 Å². The van der Waals surface area contributed by atoms with Crippen LogP contribution in [0, 0.1) is 12.7 Å². The maximum atomic E-state index is 13.0. The van der Waals surface area contributed by atoms with Crippen LogP contribution in [0.4, 0.5) is 10.2 Å². The van der Waals surface area contributed by atoms with Gasteiger partial charge in [-0.15, -0.1) is 0 Å². The zero-order valence-electron chi connectivity index (χ0n) is 15.3. The Morgan fingerprint density at radius 3 is 2.77 bits per heavy atom. The van der Waals surface area contributed by atoms with Crippen molar-refractivity contribution in [3.63, 3.8) is 0 Å². The summed E-state index contributed by atoms with van der Waals surface area (Å²) in [5.74, 6) is 0.885. The average Bonchev–Trinajstić information content (AvgIpc) is 2.66. The highest BCUT2D eigenvalue weighted by atomic mass is 19.1. The summed E-state index contributed by atoms with van der Waals surface area (Å²) >= 11 is 0. The van der Waals surface area contributed by atoms with Crippen LogP contribution in [0.25, 0.3) is 0 Å². The van der Waals surface area contributed by atoms with Crippen LogP contribution in [0.5, 0.6) is 0 Å². The minimum Gasteiger partial charge on any atom is -0.366 e. The lowest BCUT2D eigenvalue weighted by Crippen LogP contribution is -2.43. The SMILES string of the molecule is CCC1CCCCN1C(=O)c1cc(NCc2ccc(F)cc2)nc(C)n1. The average molecular weight is 356 g/mol. The zero-order chi connectivity index (χ0) is 18.5. The number of hydrogen-bond donors (Lipinski definition) is 1. The number of carbonyl (C=O) groups excluding carboxylic acids is 1. The van der Waals surface area contributed by atoms with Crippen LogP contribution in [0.1, 0.15) is 54.5 Å². The number of nitrogens with zero attached hydrogens (tertiary/aromatic N) is 3. The molecule has 26 heavy (non-hydrogen) atoms. The highest BCUT2D eigenvalue weighted by molar-refractivity contribution is 5.93. The molecule has 2 aromatic rings. The van der Waals surface area contributed by atoms with Gasteiger partial charge in [0.25, 0.3) is 5.91 Å². The van der Waals surface area contributed by atoms with Gasteiger partial charge < -0.3 is 10.2 Å². The van der Waals surface area contributed by atoms with Crippen molar-refractivity contribution in [3.8, 4) is 0 Å². The third-order valence-corrected chi connectivity index (χ3v) is 4.80. The molecule has 0 bridgehead atoms. The lowest BCUT2D eigenvalue weighted by Gasteiger charge is -2.35. The standard InChI is InChI=1S/C20H25FN4O/c1-3-17-6-4-5-11-25(17)20(26)18-12-19(24-14(2)23-18)22-13-15-7-9-16(21)10-8-15/h7-10,12,17H,3-6,11,13H2,1-2H3,(H,22,23,24). The van der Waals surface area contributed by atoms with Gasteiger partial charge >= 0.3 is 0 Å². The molecule has 138 valence electrons. The van der Waals surface area contributed by atoms with Gasteiger partial charge in [-0.1, -0.05) is 19.1 Å². The van der Waals surface area contributed by atoms with Crippen LogP contribution in [-0.4, -0.2) is 33.4 Å². The molecular weight excluding hydrogens is 331 g/mol. The molecule has 1 saturated heterocycles. The highest BCUT2D eigenvalue weighted by Crippen LogP contribution is 2.22. The number of nitrogens with one attached hydrogen (secondary N) is 1. The van der Waals surface area contributed by atoms with Crippen LogP contribution in [-0.2, 0) is 6.54 Å². The van der Waals surface area contributed by atoms with Crippen molar-refractivity contribution in [1.82, 2.24) is 14.9 Å². The lowest BCUT2D eigenvalue weighted by molar-refractivity contribution is 0.0601. The van der Waals surface area contributed by atoms with Gasteiger partial charge in [0, 0.05) is 25.2 Å². The number of halogens is 1. The highest BCUT2D eigenvalue weighted by Gasteiger charge is 2.27. The molecule has 0 aliphatic carbocycles. The van der Waals surface area contributed by atoms with E-state index in [4.69, 9.17) is 0 Å². The molecule has 0 spiro atoms. The third kappa shape index (κ3) is 4.36. The van der Waals surface area contributed by atoms with E-state index >= 15 is 0 Å². The first-order chi connectivity index (χ1) is 12.6. The number of benzene rings is 1. The molecule has 5 nitrogen and oxygen atoms in total. The van der Waals surface area contributed by atoms with Crippen molar-refractivity contribution in [2.24, 2.45) is 0 Å². The van der Waals surface area contributed by atoms with Crippen molar-refractivity contribution in [1.29, 1.82) is 0 Å². The normalized spacial score (nSPS) is 17.2. The minimum atomic E-state index is -0.258. The summed E-state index contributed by atoms with van der Waals surface area (Å²) in [5.41, 5.74) is 1.37. The van der Waals surface area contributed by atoms with E-state index in [2.05, 4.69) is 22.2 Å². The van der Waals surface area contributed by atoms with Crippen molar-refractivity contribution in [3.05, 3.63) is 53.2 Å². The Labute approximate surface area is 153 Å². The monoisotopic (exact) mass is 356 g/mol. The van der Waals surface area contributed by atoms with Gasteiger partial charge in [-0.2, -0.15) is 0 Å². The Kier molecular flexibility index (Phi) is 5.81. The molecule has 1 unspecified atom stereocenters. The summed E-state index contributed by atoms with van der Waals surface area (Å²) in [6.07, 6.45) is 4.24. The van der Waals surface area contributed by atoms with E-state index in [0.29, 0.717) is 29.9 Å².